The molecule has 1 unspecified atom stereocenters. The number of anilines is 1. The highest BCUT2D eigenvalue weighted by Crippen LogP contribution is 2.27. The maximum absolute atomic E-state index is 10.4. The van der Waals surface area contributed by atoms with E-state index in [9.17, 15) is 5.11 Å². The summed E-state index contributed by atoms with van der Waals surface area (Å²) < 4.78 is 7.13. The lowest BCUT2D eigenvalue weighted by Gasteiger charge is -2.29. The molecule has 1 saturated heterocycles. The molecule has 0 radical (unpaired) electrons. The summed E-state index contributed by atoms with van der Waals surface area (Å²) in [4.78, 5) is 2.35. The van der Waals surface area contributed by atoms with Gasteiger partial charge in [0.25, 0.3) is 0 Å². The first-order valence-electron chi connectivity index (χ1n) is 10.3. The van der Waals surface area contributed by atoms with Gasteiger partial charge in [-0.05, 0) is 67.4 Å². The monoisotopic (exact) mass is 466 g/mol. The first-order chi connectivity index (χ1) is 14.6. The summed E-state index contributed by atoms with van der Waals surface area (Å²) in [6.45, 7) is 2.19. The van der Waals surface area contributed by atoms with Crippen LogP contribution in [0.3, 0.4) is 0 Å². The van der Waals surface area contributed by atoms with Crippen molar-refractivity contribution in [3.05, 3.63) is 82.8 Å². The molecule has 2 N–H and O–H groups in total. The summed E-state index contributed by atoms with van der Waals surface area (Å²) in [5, 5.41) is 13.5. The molecule has 4 nitrogen and oxygen atoms in total. The molecule has 1 fully saturated rings. The second kappa shape index (κ2) is 9.65. The highest BCUT2D eigenvalue weighted by molar-refractivity contribution is 9.10. The Kier molecular flexibility index (Phi) is 6.72. The average molecular weight is 467 g/mol. The number of piperidine rings is 1. The van der Waals surface area contributed by atoms with Crippen LogP contribution in [0.5, 0.6) is 5.75 Å². The molecule has 1 heterocycles. The first-order valence-corrected chi connectivity index (χ1v) is 11.1. The lowest BCUT2D eigenvalue weighted by Crippen LogP contribution is -2.35. The van der Waals surface area contributed by atoms with Crippen molar-refractivity contribution in [1.82, 2.24) is 4.90 Å². The van der Waals surface area contributed by atoms with Crippen LogP contribution in [0.1, 0.15) is 24.6 Å². The Balaban J connectivity index is 1.36. The average Bonchev–Trinajstić information content (AvgIpc) is 2.77. The number of benzene rings is 3. The lowest BCUT2D eigenvalue weighted by atomic mass is 10.0. The van der Waals surface area contributed by atoms with E-state index in [0.29, 0.717) is 6.10 Å². The van der Waals surface area contributed by atoms with Gasteiger partial charge in [0.2, 0.25) is 0 Å². The fourth-order valence-electron chi connectivity index (χ4n) is 3.67. The number of aliphatic hydroxyl groups excluding tert-OH is 1. The number of ether oxygens (including phenoxy) is 1. The third kappa shape index (κ3) is 5.42. The Hall–Kier alpha value is -2.34. The number of aliphatic hydroxyl groups is 1. The Bertz CT molecular complexity index is 934. The number of nitrogens with zero attached hydrogens (tertiary/aromatic N) is 1. The summed E-state index contributed by atoms with van der Waals surface area (Å²) in [5.74, 6) is 0.934. The predicted octanol–water partition coefficient (Wildman–Crippen LogP) is 5.69. The van der Waals surface area contributed by atoms with E-state index in [1.165, 1.54) is 0 Å². The standard InChI is InChI=1S/C25H27BrN2O2/c1-28-16-14-24(15-17-28)30-23-12-6-19(7-13-23)18-4-10-22(11-5-18)27-25(29)20-2-8-21(26)9-3-20/h2-13,24-25,27,29H,14-17H2,1H3. The van der Waals surface area contributed by atoms with Crippen LogP contribution in [0.4, 0.5) is 5.69 Å². The molecular formula is C25H27BrN2O2. The van der Waals surface area contributed by atoms with Crippen LogP contribution < -0.4 is 10.1 Å². The molecule has 5 heteroatoms. The van der Waals surface area contributed by atoms with Crippen molar-refractivity contribution in [1.29, 1.82) is 0 Å². The van der Waals surface area contributed by atoms with E-state index in [2.05, 4.69) is 69.6 Å². The van der Waals surface area contributed by atoms with E-state index >= 15 is 0 Å². The number of halogens is 1. The van der Waals surface area contributed by atoms with Crippen LogP contribution in [-0.2, 0) is 0 Å². The Labute approximate surface area is 186 Å². The molecule has 0 bridgehead atoms. The van der Waals surface area contributed by atoms with Crippen LogP contribution in [-0.4, -0.2) is 36.2 Å². The Morgan fingerprint density at radius 1 is 0.900 bits per heavy atom. The van der Waals surface area contributed by atoms with Gasteiger partial charge in [0.15, 0.2) is 6.23 Å². The number of rotatable bonds is 6. The van der Waals surface area contributed by atoms with E-state index in [1.807, 2.05) is 36.4 Å². The predicted molar refractivity (Wildman–Crippen MR) is 126 cm³/mol. The highest BCUT2D eigenvalue weighted by Gasteiger charge is 2.17. The van der Waals surface area contributed by atoms with Gasteiger partial charge >= 0.3 is 0 Å². The summed E-state index contributed by atoms with van der Waals surface area (Å²) in [5.41, 5.74) is 3.97. The molecule has 0 spiro atoms. The van der Waals surface area contributed by atoms with E-state index < -0.39 is 6.23 Å². The van der Waals surface area contributed by atoms with Crippen LogP contribution in [0.25, 0.3) is 11.1 Å². The molecule has 0 aromatic heterocycles. The fraction of sp³-hybridized carbons (Fsp3) is 0.280. The van der Waals surface area contributed by atoms with Crippen LogP contribution in [0.15, 0.2) is 77.3 Å². The molecule has 3 aromatic rings. The number of likely N-dealkylation sites (tertiary alicyclic amines) is 1. The van der Waals surface area contributed by atoms with E-state index in [1.54, 1.807) is 0 Å². The van der Waals surface area contributed by atoms with E-state index in [4.69, 9.17) is 4.74 Å². The zero-order valence-corrected chi connectivity index (χ0v) is 18.7. The molecule has 4 rings (SSSR count). The van der Waals surface area contributed by atoms with Crippen LogP contribution in [0, 0.1) is 0 Å². The molecular weight excluding hydrogens is 440 g/mol. The second-order valence-electron chi connectivity index (χ2n) is 7.82. The number of hydrogen-bond donors (Lipinski definition) is 2. The fourth-order valence-corrected chi connectivity index (χ4v) is 3.93. The van der Waals surface area contributed by atoms with Crippen LogP contribution >= 0.6 is 15.9 Å². The molecule has 0 saturated carbocycles. The highest BCUT2D eigenvalue weighted by atomic mass is 79.9. The molecule has 156 valence electrons. The van der Waals surface area contributed by atoms with Crippen molar-refractivity contribution in [3.63, 3.8) is 0 Å². The van der Waals surface area contributed by atoms with Gasteiger partial charge < -0.3 is 20.1 Å². The van der Waals surface area contributed by atoms with Gasteiger partial charge in [-0.3, -0.25) is 0 Å². The van der Waals surface area contributed by atoms with E-state index in [-0.39, 0.29) is 0 Å². The van der Waals surface area contributed by atoms with Crippen molar-refractivity contribution in [2.45, 2.75) is 25.2 Å². The van der Waals surface area contributed by atoms with Crippen molar-refractivity contribution in [2.24, 2.45) is 0 Å². The molecule has 1 aliphatic rings. The summed E-state index contributed by atoms with van der Waals surface area (Å²) in [6, 6.07) is 24.0. The van der Waals surface area contributed by atoms with E-state index in [0.717, 1.165) is 58.5 Å². The minimum Gasteiger partial charge on any atom is -0.490 e. The normalized spacial score (nSPS) is 16.2. The molecule has 1 atom stereocenters. The van der Waals surface area contributed by atoms with Gasteiger partial charge in [0, 0.05) is 28.8 Å². The zero-order valence-electron chi connectivity index (χ0n) is 17.1. The summed E-state index contributed by atoms with van der Waals surface area (Å²) in [7, 11) is 2.16. The largest absolute Gasteiger partial charge is 0.490 e. The van der Waals surface area contributed by atoms with Crippen molar-refractivity contribution >= 4 is 21.6 Å². The molecule has 1 aliphatic heterocycles. The van der Waals surface area contributed by atoms with Gasteiger partial charge in [-0.1, -0.05) is 52.3 Å². The number of hydrogen-bond acceptors (Lipinski definition) is 4. The summed E-state index contributed by atoms with van der Waals surface area (Å²) >= 11 is 3.41. The van der Waals surface area contributed by atoms with Gasteiger partial charge in [-0.2, -0.15) is 0 Å². The zero-order chi connectivity index (χ0) is 20.9. The van der Waals surface area contributed by atoms with Crippen molar-refractivity contribution < 1.29 is 9.84 Å². The maximum atomic E-state index is 10.4. The number of nitrogens with one attached hydrogen (secondary N) is 1. The quantitative estimate of drug-likeness (QED) is 0.457. The van der Waals surface area contributed by atoms with Crippen molar-refractivity contribution in [3.8, 4) is 16.9 Å². The molecule has 30 heavy (non-hydrogen) atoms. The third-order valence-corrected chi connectivity index (χ3v) is 6.06. The van der Waals surface area contributed by atoms with Gasteiger partial charge in [0.1, 0.15) is 11.9 Å². The molecule has 0 amide bonds. The van der Waals surface area contributed by atoms with Crippen molar-refractivity contribution in [2.75, 3.05) is 25.5 Å². The summed E-state index contributed by atoms with van der Waals surface area (Å²) in [6.07, 6.45) is 1.73. The lowest BCUT2D eigenvalue weighted by molar-refractivity contribution is 0.114. The Morgan fingerprint density at radius 3 is 2.07 bits per heavy atom. The smallest absolute Gasteiger partial charge is 0.150 e. The first kappa shape index (κ1) is 20.9. The topological polar surface area (TPSA) is 44.7 Å². The SMILES string of the molecule is CN1CCC(Oc2ccc(-c3ccc(NC(O)c4ccc(Br)cc4)cc3)cc2)CC1. The Morgan fingerprint density at radius 2 is 1.47 bits per heavy atom. The van der Waals surface area contributed by atoms with Crippen LogP contribution in [0.2, 0.25) is 0 Å². The molecule has 3 aromatic carbocycles. The molecule has 0 aliphatic carbocycles. The van der Waals surface area contributed by atoms with Gasteiger partial charge in [0.05, 0.1) is 0 Å². The third-order valence-electron chi connectivity index (χ3n) is 5.53. The maximum Gasteiger partial charge on any atom is 0.150 e. The minimum absolute atomic E-state index is 0.314. The van der Waals surface area contributed by atoms with Gasteiger partial charge in [-0.15, -0.1) is 0 Å². The minimum atomic E-state index is -0.750. The second-order valence-corrected chi connectivity index (χ2v) is 8.74. The van der Waals surface area contributed by atoms with Gasteiger partial charge in [-0.25, -0.2) is 0 Å².